The van der Waals surface area contributed by atoms with Crippen molar-refractivity contribution in [2.24, 2.45) is 12.1 Å². The van der Waals surface area contributed by atoms with Crippen molar-refractivity contribution >= 4 is 33.6 Å². The zero-order valence-corrected chi connectivity index (χ0v) is 13.3. The van der Waals surface area contributed by atoms with Gasteiger partial charge in [-0.2, -0.15) is 10.2 Å². The number of nitrogens with zero attached hydrogens (tertiary/aromatic N) is 3. The standard InChI is InChI=1S/C15H15BrN4O/c1-11(8-9-12-6-4-3-5-7-12)17-18-15(21)14-13(16)10-20(2)19-14/h3-10H,1-2H3,(H,18,21). The molecule has 0 saturated heterocycles. The molecule has 0 bridgehead atoms. The van der Waals surface area contributed by atoms with Crippen LogP contribution in [0.25, 0.3) is 6.08 Å². The number of allylic oxidation sites excluding steroid dienone is 1. The Hall–Kier alpha value is -2.21. The number of carbonyl (C=O) groups excluding carboxylic acids is 1. The molecule has 1 aromatic heterocycles. The molecule has 2 rings (SSSR count). The van der Waals surface area contributed by atoms with Gasteiger partial charge in [0.25, 0.3) is 5.91 Å². The lowest BCUT2D eigenvalue weighted by Gasteiger charge is -1.98. The normalized spacial score (nSPS) is 11.9. The first-order chi connectivity index (χ1) is 10.1. The molecule has 6 heteroatoms. The maximum atomic E-state index is 11.9. The fourth-order valence-electron chi connectivity index (χ4n) is 1.62. The van der Waals surface area contributed by atoms with Gasteiger partial charge in [0.15, 0.2) is 5.69 Å². The van der Waals surface area contributed by atoms with Gasteiger partial charge in [-0.05, 0) is 34.5 Å². The van der Waals surface area contributed by atoms with E-state index in [2.05, 4.69) is 31.6 Å². The highest BCUT2D eigenvalue weighted by molar-refractivity contribution is 9.10. The van der Waals surface area contributed by atoms with Crippen molar-refractivity contribution in [2.45, 2.75) is 6.92 Å². The molecule has 108 valence electrons. The van der Waals surface area contributed by atoms with E-state index in [-0.39, 0.29) is 5.91 Å². The predicted molar refractivity (Wildman–Crippen MR) is 87.0 cm³/mol. The van der Waals surface area contributed by atoms with Crippen molar-refractivity contribution < 1.29 is 4.79 Å². The maximum Gasteiger partial charge on any atom is 0.293 e. The maximum absolute atomic E-state index is 11.9. The molecule has 1 N–H and O–H groups in total. The molecule has 1 heterocycles. The molecule has 0 radical (unpaired) electrons. The van der Waals surface area contributed by atoms with Crippen LogP contribution in [0.1, 0.15) is 23.0 Å². The van der Waals surface area contributed by atoms with Crippen LogP contribution in [-0.2, 0) is 7.05 Å². The Bertz CT molecular complexity index is 689. The second-order valence-corrected chi connectivity index (χ2v) is 5.29. The summed E-state index contributed by atoms with van der Waals surface area (Å²) < 4.78 is 2.19. The number of rotatable bonds is 4. The summed E-state index contributed by atoms with van der Waals surface area (Å²) in [6.45, 7) is 1.81. The summed E-state index contributed by atoms with van der Waals surface area (Å²) in [5.74, 6) is -0.352. The third-order valence-electron chi connectivity index (χ3n) is 2.65. The van der Waals surface area contributed by atoms with E-state index in [4.69, 9.17) is 0 Å². The van der Waals surface area contributed by atoms with E-state index in [9.17, 15) is 4.79 Å². The van der Waals surface area contributed by atoms with Gasteiger partial charge in [-0.3, -0.25) is 9.48 Å². The van der Waals surface area contributed by atoms with Crippen LogP contribution >= 0.6 is 15.9 Å². The first kappa shape index (κ1) is 15.2. The monoisotopic (exact) mass is 346 g/mol. The molecule has 1 amide bonds. The van der Waals surface area contributed by atoms with Crippen LogP contribution in [0.4, 0.5) is 0 Å². The number of aryl methyl sites for hydroxylation is 1. The lowest BCUT2D eigenvalue weighted by Crippen LogP contribution is -2.19. The summed E-state index contributed by atoms with van der Waals surface area (Å²) in [5.41, 5.74) is 4.56. The van der Waals surface area contributed by atoms with Gasteiger partial charge in [0.05, 0.1) is 10.2 Å². The van der Waals surface area contributed by atoms with E-state index in [1.54, 1.807) is 17.9 Å². The number of halogens is 1. The average molecular weight is 347 g/mol. The lowest BCUT2D eigenvalue weighted by molar-refractivity contribution is 0.0948. The van der Waals surface area contributed by atoms with Gasteiger partial charge in [-0.15, -0.1) is 0 Å². The summed E-state index contributed by atoms with van der Waals surface area (Å²) >= 11 is 3.28. The Morgan fingerprint density at radius 1 is 1.38 bits per heavy atom. The summed E-state index contributed by atoms with van der Waals surface area (Å²) in [6.07, 6.45) is 5.48. The van der Waals surface area contributed by atoms with Crippen molar-refractivity contribution in [3.63, 3.8) is 0 Å². The molecule has 0 unspecified atom stereocenters. The van der Waals surface area contributed by atoms with Crippen LogP contribution in [0.2, 0.25) is 0 Å². The zero-order chi connectivity index (χ0) is 15.2. The van der Waals surface area contributed by atoms with E-state index >= 15 is 0 Å². The molecule has 0 aliphatic carbocycles. The fraction of sp³-hybridized carbons (Fsp3) is 0.133. The minimum atomic E-state index is -0.352. The van der Waals surface area contributed by atoms with Gasteiger partial charge >= 0.3 is 0 Å². The van der Waals surface area contributed by atoms with Crippen molar-refractivity contribution in [2.75, 3.05) is 0 Å². The van der Waals surface area contributed by atoms with Gasteiger partial charge in [0.2, 0.25) is 0 Å². The van der Waals surface area contributed by atoms with E-state index in [0.717, 1.165) is 5.56 Å². The second-order valence-electron chi connectivity index (χ2n) is 4.44. The number of carbonyl (C=O) groups is 1. The third-order valence-corrected chi connectivity index (χ3v) is 3.23. The molecule has 2 aromatic rings. The number of hydrogen-bond donors (Lipinski definition) is 1. The van der Waals surface area contributed by atoms with E-state index < -0.39 is 0 Å². The largest absolute Gasteiger partial charge is 0.293 e. The molecule has 0 fully saturated rings. The summed E-state index contributed by atoms with van der Waals surface area (Å²) in [4.78, 5) is 11.9. The van der Waals surface area contributed by atoms with Crippen LogP contribution in [0.15, 0.2) is 52.2 Å². The number of hydrazone groups is 1. The van der Waals surface area contributed by atoms with Crippen LogP contribution < -0.4 is 5.43 Å². The highest BCUT2D eigenvalue weighted by Crippen LogP contribution is 2.13. The summed E-state index contributed by atoms with van der Waals surface area (Å²) in [7, 11) is 1.75. The second kappa shape index (κ2) is 6.99. The highest BCUT2D eigenvalue weighted by atomic mass is 79.9. The highest BCUT2D eigenvalue weighted by Gasteiger charge is 2.13. The Morgan fingerprint density at radius 3 is 2.71 bits per heavy atom. The smallest absolute Gasteiger partial charge is 0.274 e. The minimum Gasteiger partial charge on any atom is -0.274 e. The molecule has 21 heavy (non-hydrogen) atoms. The van der Waals surface area contributed by atoms with Crippen molar-refractivity contribution in [3.05, 3.63) is 58.3 Å². The molecule has 0 aliphatic rings. The zero-order valence-electron chi connectivity index (χ0n) is 11.7. The first-order valence-electron chi connectivity index (χ1n) is 6.33. The molecular formula is C15H15BrN4O. The van der Waals surface area contributed by atoms with Gasteiger partial charge in [0, 0.05) is 13.2 Å². The number of nitrogens with one attached hydrogen (secondary N) is 1. The Kier molecular flexibility index (Phi) is 5.05. The van der Waals surface area contributed by atoms with Crippen molar-refractivity contribution in [1.82, 2.24) is 15.2 Å². The molecular weight excluding hydrogens is 332 g/mol. The SMILES string of the molecule is CC(C=Cc1ccccc1)=NNC(=O)c1nn(C)cc1Br. The van der Waals surface area contributed by atoms with Gasteiger partial charge in [0.1, 0.15) is 0 Å². The molecule has 1 aromatic carbocycles. The number of aromatic nitrogens is 2. The van der Waals surface area contributed by atoms with E-state index in [1.807, 2.05) is 49.4 Å². The summed E-state index contributed by atoms with van der Waals surface area (Å²) in [6, 6.07) is 9.88. The number of hydrogen-bond acceptors (Lipinski definition) is 3. The Morgan fingerprint density at radius 2 is 2.10 bits per heavy atom. The first-order valence-corrected chi connectivity index (χ1v) is 7.12. The Labute approximate surface area is 131 Å². The fourth-order valence-corrected chi connectivity index (χ4v) is 2.18. The molecule has 0 atom stereocenters. The molecule has 0 aliphatic heterocycles. The molecule has 5 nitrogen and oxygen atoms in total. The minimum absolute atomic E-state index is 0.307. The van der Waals surface area contributed by atoms with E-state index in [0.29, 0.717) is 15.9 Å². The number of benzene rings is 1. The van der Waals surface area contributed by atoms with Crippen LogP contribution in [0.3, 0.4) is 0 Å². The molecule has 0 spiro atoms. The quantitative estimate of drug-likeness (QED) is 0.683. The molecule has 0 saturated carbocycles. The van der Waals surface area contributed by atoms with Gasteiger partial charge in [-0.25, -0.2) is 5.43 Å². The Balaban J connectivity index is 1.99. The average Bonchev–Trinajstić information content (AvgIpc) is 2.82. The predicted octanol–water partition coefficient (Wildman–Crippen LogP) is 3.00. The van der Waals surface area contributed by atoms with Crippen LogP contribution in [-0.4, -0.2) is 21.4 Å². The topological polar surface area (TPSA) is 59.3 Å². The van der Waals surface area contributed by atoms with Crippen LogP contribution in [0, 0.1) is 0 Å². The van der Waals surface area contributed by atoms with Gasteiger partial charge < -0.3 is 0 Å². The van der Waals surface area contributed by atoms with Crippen molar-refractivity contribution in [1.29, 1.82) is 0 Å². The van der Waals surface area contributed by atoms with E-state index in [1.165, 1.54) is 0 Å². The van der Waals surface area contributed by atoms with Crippen LogP contribution in [0.5, 0.6) is 0 Å². The summed E-state index contributed by atoms with van der Waals surface area (Å²) in [5, 5.41) is 8.08. The third kappa shape index (κ3) is 4.39. The number of amides is 1. The van der Waals surface area contributed by atoms with Gasteiger partial charge in [-0.1, -0.05) is 36.4 Å². The van der Waals surface area contributed by atoms with Crippen molar-refractivity contribution in [3.8, 4) is 0 Å². The lowest BCUT2D eigenvalue weighted by atomic mass is 10.2.